The Morgan fingerprint density at radius 1 is 1.12 bits per heavy atom. The monoisotopic (exact) mass is 280 g/mol. The summed E-state index contributed by atoms with van der Waals surface area (Å²) in [5.41, 5.74) is 0.425. The van der Waals surface area contributed by atoms with E-state index in [1.165, 1.54) is 12.1 Å². The SMILES string of the molecule is CC(C)NC(=O)Nc1cc(Cl)c(Cl)cc1Cl. The fraction of sp³-hybridized carbons (Fsp3) is 0.300. The number of carbonyl (C=O) groups is 1. The third kappa shape index (κ3) is 3.74. The maximum atomic E-state index is 11.4. The van der Waals surface area contributed by atoms with Gasteiger partial charge in [-0.05, 0) is 26.0 Å². The Balaban J connectivity index is 2.81. The standard InChI is InChI=1S/C10H11Cl3N2O/c1-5(2)14-10(16)15-9-4-7(12)6(11)3-8(9)13/h3-5H,1-2H3,(H2,14,15,16). The zero-order chi connectivity index (χ0) is 12.3. The lowest BCUT2D eigenvalue weighted by Gasteiger charge is -2.11. The molecule has 6 heteroatoms. The summed E-state index contributed by atoms with van der Waals surface area (Å²) in [5, 5.41) is 6.28. The maximum absolute atomic E-state index is 11.4. The fourth-order valence-corrected chi connectivity index (χ4v) is 1.63. The molecule has 1 aromatic rings. The van der Waals surface area contributed by atoms with Crippen LogP contribution in [0.5, 0.6) is 0 Å². The molecule has 0 atom stereocenters. The fourth-order valence-electron chi connectivity index (χ4n) is 1.04. The molecule has 2 amide bonds. The lowest BCUT2D eigenvalue weighted by atomic mass is 10.3. The molecule has 0 radical (unpaired) electrons. The first kappa shape index (κ1) is 13.4. The van der Waals surface area contributed by atoms with Crippen molar-refractivity contribution in [2.24, 2.45) is 0 Å². The Kier molecular flexibility index (Phi) is 4.71. The van der Waals surface area contributed by atoms with E-state index in [4.69, 9.17) is 34.8 Å². The predicted octanol–water partition coefficient (Wildman–Crippen LogP) is 4.18. The van der Waals surface area contributed by atoms with Gasteiger partial charge in [-0.25, -0.2) is 4.79 Å². The molecule has 1 rings (SSSR count). The first-order valence-corrected chi connectivity index (χ1v) is 5.75. The van der Waals surface area contributed by atoms with Crippen LogP contribution in [0.4, 0.5) is 10.5 Å². The summed E-state index contributed by atoms with van der Waals surface area (Å²) >= 11 is 17.5. The predicted molar refractivity (Wildman–Crippen MR) is 68.8 cm³/mol. The van der Waals surface area contributed by atoms with E-state index in [9.17, 15) is 4.79 Å². The maximum Gasteiger partial charge on any atom is 0.319 e. The zero-order valence-corrected chi connectivity index (χ0v) is 11.0. The van der Waals surface area contributed by atoms with Gasteiger partial charge in [0.05, 0.1) is 20.8 Å². The van der Waals surface area contributed by atoms with Crippen LogP contribution in [0, 0.1) is 0 Å². The first-order chi connectivity index (χ1) is 7.40. The molecule has 1 aromatic carbocycles. The Morgan fingerprint density at radius 3 is 2.25 bits per heavy atom. The third-order valence-corrected chi connectivity index (χ3v) is 2.71. The van der Waals surface area contributed by atoms with Gasteiger partial charge in [0, 0.05) is 6.04 Å². The molecule has 0 aliphatic rings. The van der Waals surface area contributed by atoms with E-state index in [1.54, 1.807) is 0 Å². The van der Waals surface area contributed by atoms with E-state index in [2.05, 4.69) is 10.6 Å². The molecular weight excluding hydrogens is 270 g/mol. The van der Waals surface area contributed by atoms with Gasteiger partial charge in [0.25, 0.3) is 0 Å². The quantitative estimate of drug-likeness (QED) is 0.785. The Hall–Kier alpha value is -0.640. The van der Waals surface area contributed by atoms with Crippen LogP contribution in [0.25, 0.3) is 0 Å². The van der Waals surface area contributed by atoms with Crippen LogP contribution >= 0.6 is 34.8 Å². The Bertz CT molecular complexity index is 407. The lowest BCUT2D eigenvalue weighted by Crippen LogP contribution is -2.34. The molecule has 88 valence electrons. The van der Waals surface area contributed by atoms with Gasteiger partial charge in [-0.2, -0.15) is 0 Å². The van der Waals surface area contributed by atoms with E-state index >= 15 is 0 Å². The van der Waals surface area contributed by atoms with Crippen molar-refractivity contribution in [3.63, 3.8) is 0 Å². The molecule has 0 aliphatic carbocycles. The van der Waals surface area contributed by atoms with Gasteiger partial charge >= 0.3 is 6.03 Å². The van der Waals surface area contributed by atoms with Gasteiger partial charge in [0.1, 0.15) is 0 Å². The van der Waals surface area contributed by atoms with E-state index in [-0.39, 0.29) is 12.1 Å². The lowest BCUT2D eigenvalue weighted by molar-refractivity contribution is 0.250. The number of urea groups is 1. The smallest absolute Gasteiger partial charge is 0.319 e. The molecule has 0 fully saturated rings. The zero-order valence-electron chi connectivity index (χ0n) is 8.77. The van der Waals surface area contributed by atoms with Crippen molar-refractivity contribution < 1.29 is 4.79 Å². The number of anilines is 1. The van der Waals surface area contributed by atoms with E-state index in [0.717, 1.165) is 0 Å². The molecule has 0 saturated heterocycles. The van der Waals surface area contributed by atoms with Gasteiger partial charge in [0.15, 0.2) is 0 Å². The highest BCUT2D eigenvalue weighted by molar-refractivity contribution is 6.44. The molecule has 0 aliphatic heterocycles. The highest BCUT2D eigenvalue weighted by atomic mass is 35.5. The molecule has 2 N–H and O–H groups in total. The third-order valence-electron chi connectivity index (χ3n) is 1.68. The topological polar surface area (TPSA) is 41.1 Å². The van der Waals surface area contributed by atoms with Crippen molar-refractivity contribution in [2.45, 2.75) is 19.9 Å². The van der Waals surface area contributed by atoms with Gasteiger partial charge in [-0.15, -0.1) is 0 Å². The molecule has 0 unspecified atom stereocenters. The van der Waals surface area contributed by atoms with Crippen LogP contribution in [0.3, 0.4) is 0 Å². The number of hydrogen-bond donors (Lipinski definition) is 2. The van der Waals surface area contributed by atoms with Gasteiger partial charge in [-0.1, -0.05) is 34.8 Å². The molecule has 3 nitrogen and oxygen atoms in total. The summed E-state index contributed by atoms with van der Waals surface area (Å²) in [7, 11) is 0. The van der Waals surface area contributed by atoms with Crippen molar-refractivity contribution in [2.75, 3.05) is 5.32 Å². The van der Waals surface area contributed by atoms with E-state index < -0.39 is 0 Å². The van der Waals surface area contributed by atoms with Crippen molar-refractivity contribution in [1.82, 2.24) is 5.32 Å². The van der Waals surface area contributed by atoms with Crippen molar-refractivity contribution >= 4 is 46.5 Å². The van der Waals surface area contributed by atoms with E-state index in [1.807, 2.05) is 13.8 Å². The molecule has 0 bridgehead atoms. The largest absolute Gasteiger partial charge is 0.336 e. The second kappa shape index (κ2) is 5.62. The number of hydrogen-bond acceptors (Lipinski definition) is 1. The average Bonchev–Trinajstić information content (AvgIpc) is 2.12. The highest BCUT2D eigenvalue weighted by Crippen LogP contribution is 2.32. The second-order valence-electron chi connectivity index (χ2n) is 3.50. The van der Waals surface area contributed by atoms with Crippen molar-refractivity contribution in [1.29, 1.82) is 0 Å². The van der Waals surface area contributed by atoms with Crippen LogP contribution in [0.1, 0.15) is 13.8 Å². The first-order valence-electron chi connectivity index (χ1n) is 4.62. The summed E-state index contributed by atoms with van der Waals surface area (Å²) in [6.07, 6.45) is 0. The van der Waals surface area contributed by atoms with Crippen LogP contribution in [-0.4, -0.2) is 12.1 Å². The minimum Gasteiger partial charge on any atom is -0.336 e. The molecule has 0 saturated carbocycles. The number of halogens is 3. The minimum absolute atomic E-state index is 0.0431. The number of rotatable bonds is 2. The molecule has 0 spiro atoms. The Morgan fingerprint density at radius 2 is 1.69 bits per heavy atom. The van der Waals surface area contributed by atoms with Gasteiger partial charge in [-0.3, -0.25) is 0 Å². The summed E-state index contributed by atoms with van der Waals surface area (Å²) in [6.45, 7) is 3.71. The van der Waals surface area contributed by atoms with Crippen LogP contribution in [0.2, 0.25) is 15.1 Å². The van der Waals surface area contributed by atoms with Crippen molar-refractivity contribution in [3.8, 4) is 0 Å². The highest BCUT2D eigenvalue weighted by Gasteiger charge is 2.09. The average molecular weight is 282 g/mol. The number of nitrogens with one attached hydrogen (secondary N) is 2. The Labute approximate surface area is 109 Å². The molecule has 0 heterocycles. The van der Waals surface area contributed by atoms with Gasteiger partial charge in [0.2, 0.25) is 0 Å². The summed E-state index contributed by atoms with van der Waals surface area (Å²) in [6, 6.07) is 2.69. The van der Waals surface area contributed by atoms with E-state index in [0.29, 0.717) is 20.8 Å². The van der Waals surface area contributed by atoms with Crippen LogP contribution in [-0.2, 0) is 0 Å². The summed E-state index contributed by atoms with van der Waals surface area (Å²) in [5.74, 6) is 0. The minimum atomic E-state index is -0.338. The van der Waals surface area contributed by atoms with Gasteiger partial charge < -0.3 is 10.6 Å². The number of carbonyl (C=O) groups excluding carboxylic acids is 1. The summed E-state index contributed by atoms with van der Waals surface area (Å²) in [4.78, 5) is 11.4. The molecular formula is C10H11Cl3N2O. The second-order valence-corrected chi connectivity index (χ2v) is 4.72. The molecule has 16 heavy (non-hydrogen) atoms. The normalized spacial score (nSPS) is 10.4. The van der Waals surface area contributed by atoms with Crippen LogP contribution in [0.15, 0.2) is 12.1 Å². The van der Waals surface area contributed by atoms with Crippen molar-refractivity contribution in [3.05, 3.63) is 27.2 Å². The number of benzene rings is 1. The van der Waals surface area contributed by atoms with Crippen LogP contribution < -0.4 is 10.6 Å². The number of amides is 2. The summed E-state index contributed by atoms with van der Waals surface area (Å²) < 4.78 is 0. The molecule has 0 aromatic heterocycles.